The minimum Gasteiger partial charge on any atom is -0.410 e. The second-order valence-corrected chi connectivity index (χ2v) is 14.9. The van der Waals surface area contributed by atoms with Crippen LogP contribution in [0.15, 0.2) is 22.3 Å². The molecule has 0 fully saturated rings. The van der Waals surface area contributed by atoms with E-state index in [1.165, 1.54) is 11.1 Å². The summed E-state index contributed by atoms with van der Waals surface area (Å²) in [6, 6.07) is 3.37. The van der Waals surface area contributed by atoms with Crippen molar-refractivity contribution >= 4 is 14.1 Å². The zero-order chi connectivity index (χ0) is 22.3. The number of fused-ring (bicyclic) bond motifs is 2. The van der Waals surface area contributed by atoms with Gasteiger partial charge in [0.2, 0.25) is 0 Å². The number of ether oxygens (including phenoxy) is 1. The summed E-state index contributed by atoms with van der Waals surface area (Å²) in [6.07, 6.45) is 2.86. The van der Waals surface area contributed by atoms with E-state index in [1.807, 2.05) is 0 Å². The third-order valence-electron chi connectivity index (χ3n) is 8.65. The summed E-state index contributed by atoms with van der Waals surface area (Å²) < 4.78 is 13.0. The third-order valence-corrected chi connectivity index (χ3v) is 13.3. The van der Waals surface area contributed by atoms with Crippen LogP contribution < -0.4 is 0 Å². The number of hydrogen-bond acceptors (Lipinski definition) is 4. The minimum atomic E-state index is -1.78. The van der Waals surface area contributed by atoms with Gasteiger partial charge in [-0.1, -0.05) is 34.6 Å². The van der Waals surface area contributed by atoms with Crippen LogP contribution >= 0.6 is 0 Å². The molecule has 30 heavy (non-hydrogen) atoms. The molecular formula is C25H42O4Si. The van der Waals surface area contributed by atoms with Gasteiger partial charge in [0.15, 0.2) is 14.1 Å². The number of allylic oxidation sites excluding steroid dienone is 1. The van der Waals surface area contributed by atoms with E-state index in [-0.39, 0.29) is 17.3 Å². The average molecular weight is 435 g/mol. The molecular weight excluding hydrogens is 392 g/mol. The number of carbonyl (C=O) groups excluding carboxylic acids is 1. The Morgan fingerprint density at radius 1 is 1.13 bits per heavy atom. The smallest absolute Gasteiger partial charge is 0.192 e. The largest absolute Gasteiger partial charge is 0.410 e. The number of aliphatic hydroxyl groups is 1. The highest BCUT2D eigenvalue weighted by Gasteiger charge is 2.50. The van der Waals surface area contributed by atoms with E-state index in [0.717, 1.165) is 55.0 Å². The van der Waals surface area contributed by atoms with E-state index in [0.29, 0.717) is 12.3 Å². The summed E-state index contributed by atoms with van der Waals surface area (Å²) in [5.41, 5.74) is 4.13. The Balaban J connectivity index is 2.13. The molecule has 0 saturated heterocycles. The topological polar surface area (TPSA) is 55.8 Å². The van der Waals surface area contributed by atoms with Crippen LogP contribution in [-0.4, -0.2) is 44.6 Å². The first kappa shape index (κ1) is 23.9. The second-order valence-electron chi connectivity index (χ2n) is 10.2. The molecule has 0 unspecified atom stereocenters. The van der Waals surface area contributed by atoms with Crippen molar-refractivity contribution in [2.45, 2.75) is 110 Å². The lowest BCUT2D eigenvalue weighted by molar-refractivity contribution is -0.117. The Kier molecular flexibility index (Phi) is 7.18. The monoisotopic (exact) mass is 434 g/mol. The van der Waals surface area contributed by atoms with Crippen LogP contribution in [0.3, 0.4) is 0 Å². The lowest BCUT2D eigenvalue weighted by atomic mass is 9.58. The summed E-state index contributed by atoms with van der Waals surface area (Å²) >= 11 is 0. The molecule has 5 heteroatoms. The summed E-state index contributed by atoms with van der Waals surface area (Å²) in [5, 5.41) is 11.4. The fourth-order valence-corrected chi connectivity index (χ4v) is 9.20. The van der Waals surface area contributed by atoms with Gasteiger partial charge >= 0.3 is 0 Å². The van der Waals surface area contributed by atoms with Crippen LogP contribution in [0, 0.1) is 11.3 Å². The van der Waals surface area contributed by atoms with Crippen molar-refractivity contribution in [2.75, 3.05) is 7.11 Å². The zero-order valence-corrected chi connectivity index (χ0v) is 21.1. The summed E-state index contributed by atoms with van der Waals surface area (Å²) in [5.74, 6) is 0.545. The first-order chi connectivity index (χ1) is 14.2. The molecule has 0 spiro atoms. The predicted octanol–water partition coefficient (Wildman–Crippen LogP) is 5.57. The number of rotatable bonds is 6. The molecule has 0 aromatic carbocycles. The molecule has 0 aromatic rings. The standard InChI is InChI=1S/C25H42O4Si/c1-8-30(9-2,10-3)29-21-15-17-14-19-18(12-11-13-20(19)26)23(27)24(28-7)22(16(21)4)25(17,5)6/h17,21,23-24,27H,8-15H2,1-7H3/t17-,21+,23-,24-/m1/s1. The van der Waals surface area contributed by atoms with Gasteiger partial charge in [-0.15, -0.1) is 0 Å². The Labute approximate surface area is 184 Å². The van der Waals surface area contributed by atoms with Gasteiger partial charge in [-0.05, 0) is 84.4 Å². The summed E-state index contributed by atoms with van der Waals surface area (Å²) in [7, 11) is -0.0897. The van der Waals surface area contributed by atoms with Crippen LogP contribution in [-0.2, 0) is 14.0 Å². The van der Waals surface area contributed by atoms with Gasteiger partial charge in [-0.3, -0.25) is 4.79 Å². The quantitative estimate of drug-likeness (QED) is 0.439. The number of hydrogen-bond donors (Lipinski definition) is 1. The molecule has 0 radical (unpaired) electrons. The second kappa shape index (κ2) is 9.01. The molecule has 2 bridgehead atoms. The zero-order valence-electron chi connectivity index (χ0n) is 20.1. The first-order valence-corrected chi connectivity index (χ1v) is 14.5. The lowest BCUT2D eigenvalue weighted by Crippen LogP contribution is -2.50. The number of carbonyl (C=O) groups is 1. The normalized spacial score (nSPS) is 32.1. The van der Waals surface area contributed by atoms with Crippen molar-refractivity contribution in [1.29, 1.82) is 0 Å². The van der Waals surface area contributed by atoms with Crippen molar-refractivity contribution < 1.29 is 19.1 Å². The van der Waals surface area contributed by atoms with Gasteiger partial charge in [0, 0.05) is 13.5 Å². The van der Waals surface area contributed by atoms with Crippen molar-refractivity contribution in [2.24, 2.45) is 11.3 Å². The predicted molar refractivity (Wildman–Crippen MR) is 124 cm³/mol. The number of Topliss-reactive ketones (excluding diaryl/α,β-unsaturated/α-hetero) is 1. The lowest BCUT2D eigenvalue weighted by Gasteiger charge is -2.51. The molecule has 3 aliphatic rings. The highest BCUT2D eigenvalue weighted by Crippen LogP contribution is 2.53. The molecule has 0 saturated carbocycles. The average Bonchev–Trinajstić information content (AvgIpc) is 2.73. The van der Waals surface area contributed by atoms with Crippen LogP contribution in [0.25, 0.3) is 0 Å². The van der Waals surface area contributed by atoms with Gasteiger partial charge in [0.25, 0.3) is 0 Å². The maximum Gasteiger partial charge on any atom is 0.192 e. The van der Waals surface area contributed by atoms with Gasteiger partial charge in [-0.25, -0.2) is 0 Å². The Morgan fingerprint density at radius 3 is 2.33 bits per heavy atom. The van der Waals surface area contributed by atoms with Crippen molar-refractivity contribution in [3.63, 3.8) is 0 Å². The van der Waals surface area contributed by atoms with Crippen molar-refractivity contribution in [1.82, 2.24) is 0 Å². The fraction of sp³-hybridized carbons (Fsp3) is 0.800. The molecule has 4 atom stereocenters. The van der Waals surface area contributed by atoms with Gasteiger partial charge < -0.3 is 14.3 Å². The highest BCUT2D eigenvalue weighted by atomic mass is 28.4. The molecule has 3 aliphatic carbocycles. The van der Waals surface area contributed by atoms with Crippen LogP contribution in [0.2, 0.25) is 18.1 Å². The van der Waals surface area contributed by atoms with Crippen LogP contribution in [0.5, 0.6) is 0 Å². The Hall–Kier alpha value is -0.753. The van der Waals surface area contributed by atoms with E-state index < -0.39 is 20.5 Å². The maximum atomic E-state index is 12.9. The number of aliphatic hydroxyl groups excluding tert-OH is 1. The number of ketones is 1. The Morgan fingerprint density at radius 2 is 1.77 bits per heavy atom. The molecule has 4 nitrogen and oxygen atoms in total. The molecule has 0 aromatic heterocycles. The highest BCUT2D eigenvalue weighted by molar-refractivity contribution is 6.73. The summed E-state index contributed by atoms with van der Waals surface area (Å²) in [6.45, 7) is 13.5. The van der Waals surface area contributed by atoms with Crippen molar-refractivity contribution in [3.05, 3.63) is 22.3 Å². The van der Waals surface area contributed by atoms with Gasteiger partial charge in [-0.2, -0.15) is 0 Å². The van der Waals surface area contributed by atoms with Crippen molar-refractivity contribution in [3.8, 4) is 0 Å². The first-order valence-electron chi connectivity index (χ1n) is 12.0. The van der Waals surface area contributed by atoms with E-state index >= 15 is 0 Å². The molecule has 1 N–H and O–H groups in total. The SMILES string of the molecule is CC[Si](CC)(CC)O[C@H]1C[C@H]2CC3=C(CCCC3=O)[C@@H](O)[C@H](OC)C(=C1C)C2(C)C. The van der Waals surface area contributed by atoms with Crippen LogP contribution in [0.1, 0.15) is 73.6 Å². The Bertz CT molecular complexity index is 723. The third kappa shape index (κ3) is 3.91. The molecule has 0 heterocycles. The molecule has 170 valence electrons. The fourth-order valence-electron chi connectivity index (χ4n) is 6.32. The minimum absolute atomic E-state index is 0.0650. The maximum absolute atomic E-state index is 12.9. The molecule has 3 rings (SSSR count). The van der Waals surface area contributed by atoms with E-state index in [9.17, 15) is 9.90 Å². The van der Waals surface area contributed by atoms with Gasteiger partial charge in [0.05, 0.1) is 6.10 Å². The number of methoxy groups -OCH3 is 1. The van der Waals surface area contributed by atoms with E-state index in [2.05, 4.69) is 41.5 Å². The molecule has 0 amide bonds. The van der Waals surface area contributed by atoms with E-state index in [4.69, 9.17) is 9.16 Å². The van der Waals surface area contributed by atoms with Gasteiger partial charge in [0.1, 0.15) is 12.2 Å². The molecule has 0 aliphatic heterocycles. The summed E-state index contributed by atoms with van der Waals surface area (Å²) in [4.78, 5) is 12.9. The van der Waals surface area contributed by atoms with Crippen LogP contribution in [0.4, 0.5) is 0 Å². The van der Waals surface area contributed by atoms with E-state index in [1.54, 1.807) is 7.11 Å².